The quantitative estimate of drug-likeness (QED) is 0.123. The zero-order valence-corrected chi connectivity index (χ0v) is 22.4. The van der Waals surface area contributed by atoms with Crippen molar-refractivity contribution in [1.29, 1.82) is 0 Å². The first-order valence-corrected chi connectivity index (χ1v) is 13.5. The molecule has 2 heterocycles. The molecule has 33 heavy (non-hydrogen) atoms. The van der Waals surface area contributed by atoms with Gasteiger partial charge >= 0.3 is 5.97 Å². The average Bonchev–Trinajstić information content (AvgIpc) is 3.03. The van der Waals surface area contributed by atoms with E-state index in [9.17, 15) is 27.6 Å². The van der Waals surface area contributed by atoms with Crippen LogP contribution in [0.2, 0.25) is 0 Å². The fourth-order valence-corrected chi connectivity index (χ4v) is 5.15. The van der Waals surface area contributed by atoms with E-state index < -0.39 is 39.6 Å². The van der Waals surface area contributed by atoms with Crippen molar-refractivity contribution in [3.8, 4) is 0 Å². The van der Waals surface area contributed by atoms with Crippen LogP contribution in [0.1, 0.15) is 38.5 Å². The third kappa shape index (κ3) is 10.8. The van der Waals surface area contributed by atoms with Gasteiger partial charge in [0.15, 0.2) is 5.25 Å². The maximum absolute atomic E-state index is 11.8. The van der Waals surface area contributed by atoms with E-state index in [1.165, 1.54) is 10.8 Å². The molecule has 1 aliphatic rings. The summed E-state index contributed by atoms with van der Waals surface area (Å²) in [6, 6.07) is 5.62. The third-order valence-electron chi connectivity index (χ3n) is 4.19. The largest absolute Gasteiger partial charge is 0.356 e. The summed E-state index contributed by atoms with van der Waals surface area (Å²) < 4.78 is 31.0. The van der Waals surface area contributed by atoms with Crippen molar-refractivity contribution < 1.29 is 37.0 Å². The van der Waals surface area contributed by atoms with Crippen LogP contribution in [0.15, 0.2) is 29.4 Å². The minimum Gasteiger partial charge on any atom is -0.356 e. The number of hydrogen-bond acceptors (Lipinski definition) is 10. The van der Waals surface area contributed by atoms with Crippen LogP contribution in [-0.4, -0.2) is 93.8 Å². The summed E-state index contributed by atoms with van der Waals surface area (Å²) in [6.07, 6.45) is 2.83. The van der Waals surface area contributed by atoms with Gasteiger partial charge in [-0.15, -0.1) is 5.06 Å². The zero-order chi connectivity index (χ0) is 23.6. The molecule has 0 aliphatic carbocycles. The molecule has 0 bridgehead atoms. The van der Waals surface area contributed by atoms with Gasteiger partial charge in [0.2, 0.25) is 5.91 Å². The van der Waals surface area contributed by atoms with Crippen LogP contribution in [-0.2, 0) is 34.1 Å². The standard InChI is InChI=1S/C18H23N3O8S3.Na/c22-14(8-11-30-31-15-6-3-5-10-20-15)19-9-4-1-2-7-17(24)29-21-16(23)12-13(18(21)25)32(26,27)28;/h3,5-6,10,13H,1-2,4,7-9,11-12H2,(H,19,22)(H,26,27,28);. The Labute approximate surface area is 221 Å². The number of aromatic nitrogens is 1. The second kappa shape index (κ2) is 15.0. The third-order valence-corrected chi connectivity index (χ3v) is 7.54. The predicted octanol–water partition coefficient (Wildman–Crippen LogP) is 0.981. The van der Waals surface area contributed by atoms with E-state index in [0.717, 1.165) is 5.03 Å². The Morgan fingerprint density at radius 3 is 2.61 bits per heavy atom. The van der Waals surface area contributed by atoms with E-state index in [2.05, 4.69) is 15.1 Å². The average molecular weight is 529 g/mol. The Hall–Kier alpha value is -1.16. The second-order valence-corrected chi connectivity index (χ2v) is 10.7. The molecule has 15 heteroatoms. The molecule has 3 amide bonds. The molecule has 1 radical (unpaired) electrons. The number of carbonyl (C=O) groups excluding carboxylic acids is 4. The first-order valence-electron chi connectivity index (χ1n) is 9.69. The number of carbonyl (C=O) groups is 4. The number of pyridine rings is 1. The summed E-state index contributed by atoms with van der Waals surface area (Å²) in [4.78, 5) is 55.8. The number of amides is 3. The summed E-state index contributed by atoms with van der Waals surface area (Å²) in [5.74, 6) is -2.59. The Morgan fingerprint density at radius 2 is 1.97 bits per heavy atom. The maximum Gasteiger partial charge on any atom is 0.333 e. The molecule has 1 aromatic heterocycles. The first kappa shape index (κ1) is 29.9. The molecular weight excluding hydrogens is 505 g/mol. The van der Waals surface area contributed by atoms with Crippen LogP contribution in [0.5, 0.6) is 0 Å². The molecule has 0 spiro atoms. The number of hydroxylamine groups is 2. The molecule has 1 aliphatic heterocycles. The Bertz CT molecular complexity index is 933. The molecule has 1 saturated heterocycles. The van der Waals surface area contributed by atoms with Gasteiger partial charge in [-0.2, -0.15) is 8.42 Å². The van der Waals surface area contributed by atoms with E-state index >= 15 is 0 Å². The Morgan fingerprint density at radius 1 is 1.21 bits per heavy atom. The van der Waals surface area contributed by atoms with Crippen molar-refractivity contribution in [2.24, 2.45) is 0 Å². The fourth-order valence-electron chi connectivity index (χ4n) is 2.58. The van der Waals surface area contributed by atoms with Crippen molar-refractivity contribution in [3.63, 3.8) is 0 Å². The van der Waals surface area contributed by atoms with E-state index in [1.807, 2.05) is 18.2 Å². The minimum atomic E-state index is -4.75. The monoisotopic (exact) mass is 528 g/mol. The van der Waals surface area contributed by atoms with Gasteiger partial charge in [-0.05, 0) is 35.8 Å². The van der Waals surface area contributed by atoms with Crippen molar-refractivity contribution in [3.05, 3.63) is 24.4 Å². The van der Waals surface area contributed by atoms with Crippen LogP contribution in [0.3, 0.4) is 0 Å². The van der Waals surface area contributed by atoms with Crippen LogP contribution in [0, 0.1) is 0 Å². The van der Waals surface area contributed by atoms with Crippen molar-refractivity contribution in [1.82, 2.24) is 15.4 Å². The second-order valence-electron chi connectivity index (χ2n) is 6.68. The fraction of sp³-hybridized carbons (Fsp3) is 0.500. The molecule has 177 valence electrons. The number of hydrogen-bond donors (Lipinski definition) is 2. The van der Waals surface area contributed by atoms with Gasteiger partial charge in [0.25, 0.3) is 21.9 Å². The topological polar surface area (TPSA) is 160 Å². The van der Waals surface area contributed by atoms with Gasteiger partial charge in [-0.25, -0.2) is 9.78 Å². The molecule has 1 aromatic rings. The summed E-state index contributed by atoms with van der Waals surface area (Å²) in [7, 11) is -1.70. The zero-order valence-electron chi connectivity index (χ0n) is 18.0. The van der Waals surface area contributed by atoms with E-state index in [0.29, 0.717) is 38.0 Å². The van der Waals surface area contributed by atoms with Gasteiger partial charge in [0.05, 0.1) is 6.42 Å². The maximum atomic E-state index is 11.8. The Balaban J connectivity index is 0.00000544. The Kier molecular flexibility index (Phi) is 13.5. The normalized spacial score (nSPS) is 15.8. The smallest absolute Gasteiger partial charge is 0.333 e. The molecule has 1 fully saturated rings. The molecule has 0 saturated carbocycles. The van der Waals surface area contributed by atoms with Crippen molar-refractivity contribution in [2.45, 2.75) is 48.8 Å². The SMILES string of the molecule is O=C(CCSSc1ccccn1)NCCCCCC(=O)ON1C(=O)CC(S(=O)(=O)O)C1=O.[Na]. The number of nitrogens with zero attached hydrogens (tertiary/aromatic N) is 2. The van der Waals surface area contributed by atoms with Gasteiger partial charge in [-0.1, -0.05) is 23.3 Å². The molecule has 11 nitrogen and oxygen atoms in total. The summed E-state index contributed by atoms with van der Waals surface area (Å²) >= 11 is 0. The van der Waals surface area contributed by atoms with Crippen LogP contribution in [0.25, 0.3) is 0 Å². The van der Waals surface area contributed by atoms with Gasteiger partial charge < -0.3 is 10.2 Å². The molecular formula is C18H23N3NaO8S3. The number of imide groups is 1. The van der Waals surface area contributed by atoms with E-state index in [1.54, 1.807) is 17.0 Å². The number of nitrogens with one attached hydrogen (secondary N) is 1. The molecule has 2 rings (SSSR count). The van der Waals surface area contributed by atoms with Crippen molar-refractivity contribution >= 4 is 85.0 Å². The predicted molar refractivity (Wildman–Crippen MR) is 122 cm³/mol. The summed E-state index contributed by atoms with van der Waals surface area (Å²) in [5.41, 5.74) is 0. The molecule has 2 N–H and O–H groups in total. The van der Waals surface area contributed by atoms with Crippen LogP contribution in [0.4, 0.5) is 0 Å². The number of unbranched alkanes of at least 4 members (excludes halogenated alkanes) is 2. The summed E-state index contributed by atoms with van der Waals surface area (Å²) in [6.45, 7) is 0.449. The van der Waals surface area contributed by atoms with E-state index in [4.69, 9.17) is 4.55 Å². The van der Waals surface area contributed by atoms with Crippen molar-refractivity contribution in [2.75, 3.05) is 12.3 Å². The molecule has 1 atom stereocenters. The van der Waals surface area contributed by atoms with Gasteiger partial charge in [0.1, 0.15) is 5.03 Å². The molecule has 0 aromatic carbocycles. The van der Waals surface area contributed by atoms with E-state index in [-0.39, 0.29) is 46.9 Å². The number of rotatable bonds is 13. The minimum absolute atomic E-state index is 0. The van der Waals surface area contributed by atoms with Crippen LogP contribution < -0.4 is 5.32 Å². The first-order chi connectivity index (χ1) is 15.2. The van der Waals surface area contributed by atoms with Gasteiger partial charge in [0, 0.05) is 60.9 Å². The van der Waals surface area contributed by atoms with Crippen LogP contribution >= 0.6 is 21.6 Å². The summed E-state index contributed by atoms with van der Waals surface area (Å²) in [5, 5.41) is 1.81. The van der Waals surface area contributed by atoms with Gasteiger partial charge in [-0.3, -0.25) is 18.9 Å². The molecule has 1 unspecified atom stereocenters.